The molecule has 15 heteroatoms. The number of nitrogens with one attached hydrogen (secondary N) is 1. The Morgan fingerprint density at radius 3 is 2.54 bits per heavy atom. The number of nitro groups is 1. The number of urea groups is 1. The van der Waals surface area contributed by atoms with Crippen LogP contribution in [-0.4, -0.2) is 104 Å². The van der Waals surface area contributed by atoms with Gasteiger partial charge in [-0.15, -0.1) is 0 Å². The molecule has 2 fully saturated rings. The summed E-state index contributed by atoms with van der Waals surface area (Å²) in [5, 5.41) is 62.5. The molecule has 6 atom stereocenters. The number of hydrogen-bond acceptors (Lipinski definition) is 11. The Kier molecular flexibility index (Phi) is 14.1. The SMILES string of the molecule is CCCN(C(=O)NCCCN1CCCC1=O)C1CC(=NOCc2ccc([N+](=O)[O-])cc2)C2=CC(CCCCO)C(CCCCO)C3c4cc(O)ccc4OC1(O)C23. The molecule has 6 rings (SSSR count). The van der Waals surface area contributed by atoms with Crippen molar-refractivity contribution in [2.75, 3.05) is 39.4 Å². The van der Waals surface area contributed by atoms with Gasteiger partial charge in [0, 0.05) is 75.8 Å². The normalized spacial score (nSPS) is 25.6. The van der Waals surface area contributed by atoms with Crippen LogP contribution in [-0.2, 0) is 16.2 Å². The van der Waals surface area contributed by atoms with Gasteiger partial charge < -0.3 is 45.1 Å². The molecule has 2 aromatic carbocycles. The van der Waals surface area contributed by atoms with Crippen LogP contribution in [0.15, 0.2) is 59.3 Å². The number of phenols is 1. The molecule has 3 amide bonds. The maximum atomic E-state index is 14.2. The molecule has 57 heavy (non-hydrogen) atoms. The number of carbonyl (C=O) groups is 2. The molecular weight excluding hydrogens is 734 g/mol. The van der Waals surface area contributed by atoms with E-state index in [1.165, 1.54) is 18.2 Å². The van der Waals surface area contributed by atoms with Crippen LogP contribution in [0.3, 0.4) is 0 Å². The van der Waals surface area contributed by atoms with Gasteiger partial charge in [-0.25, -0.2) is 4.79 Å². The van der Waals surface area contributed by atoms with E-state index in [-0.39, 0.29) is 67.4 Å². The van der Waals surface area contributed by atoms with Crippen LogP contribution < -0.4 is 10.1 Å². The number of rotatable bonds is 19. The minimum atomic E-state index is -1.92. The van der Waals surface area contributed by atoms with E-state index in [9.17, 15) is 40.1 Å². The van der Waals surface area contributed by atoms with Crippen LogP contribution in [0, 0.1) is 27.9 Å². The summed E-state index contributed by atoms with van der Waals surface area (Å²) in [7, 11) is 0. The summed E-state index contributed by atoms with van der Waals surface area (Å²) >= 11 is 0. The summed E-state index contributed by atoms with van der Waals surface area (Å²) < 4.78 is 6.68. The highest BCUT2D eigenvalue weighted by molar-refractivity contribution is 6.03. The number of phenolic OH excluding ortho intramolecular Hbond substituents is 1. The van der Waals surface area contributed by atoms with Gasteiger partial charge in [0.25, 0.3) is 5.69 Å². The molecule has 1 saturated carbocycles. The van der Waals surface area contributed by atoms with Gasteiger partial charge in [-0.1, -0.05) is 31.0 Å². The molecule has 0 bridgehead atoms. The highest BCUT2D eigenvalue weighted by Gasteiger charge is 2.64. The second-order valence-corrected chi connectivity index (χ2v) is 15.7. The van der Waals surface area contributed by atoms with Crippen molar-refractivity contribution >= 4 is 23.3 Å². The first-order chi connectivity index (χ1) is 27.6. The van der Waals surface area contributed by atoms with Crippen molar-refractivity contribution < 1.29 is 44.5 Å². The van der Waals surface area contributed by atoms with E-state index in [0.29, 0.717) is 75.2 Å². The molecule has 2 aliphatic carbocycles. The number of oxime groups is 1. The molecule has 2 heterocycles. The quantitative estimate of drug-likeness (QED) is 0.0700. The summed E-state index contributed by atoms with van der Waals surface area (Å²) in [6.45, 7) is 3.97. The van der Waals surface area contributed by atoms with Crippen molar-refractivity contribution in [1.29, 1.82) is 0 Å². The molecule has 4 aliphatic rings. The lowest BCUT2D eigenvalue weighted by Gasteiger charge is -2.58. The van der Waals surface area contributed by atoms with Gasteiger partial charge in [0.1, 0.15) is 24.1 Å². The van der Waals surface area contributed by atoms with Crippen molar-refractivity contribution in [3.05, 3.63) is 75.4 Å². The third kappa shape index (κ3) is 9.37. The molecular formula is C42H57N5O10. The highest BCUT2D eigenvalue weighted by Crippen LogP contribution is 2.60. The van der Waals surface area contributed by atoms with Gasteiger partial charge in [0.2, 0.25) is 11.7 Å². The van der Waals surface area contributed by atoms with Crippen LogP contribution in [0.4, 0.5) is 10.5 Å². The molecule has 2 aromatic rings. The van der Waals surface area contributed by atoms with Crippen molar-refractivity contribution in [2.24, 2.45) is 22.9 Å². The van der Waals surface area contributed by atoms with Crippen molar-refractivity contribution in [1.82, 2.24) is 15.1 Å². The summed E-state index contributed by atoms with van der Waals surface area (Å²) in [6.07, 6.45) is 8.97. The van der Waals surface area contributed by atoms with Crippen molar-refractivity contribution in [3.8, 4) is 11.5 Å². The highest BCUT2D eigenvalue weighted by atomic mass is 16.6. The maximum absolute atomic E-state index is 14.2. The third-order valence-corrected chi connectivity index (χ3v) is 12.0. The second kappa shape index (κ2) is 19.1. The lowest BCUT2D eigenvalue weighted by molar-refractivity contribution is -0.384. The summed E-state index contributed by atoms with van der Waals surface area (Å²) in [5.74, 6) is -2.49. The Balaban J connectivity index is 1.40. The molecule has 6 unspecified atom stereocenters. The Morgan fingerprint density at radius 2 is 1.86 bits per heavy atom. The maximum Gasteiger partial charge on any atom is 0.317 e. The molecule has 15 nitrogen and oxygen atoms in total. The molecule has 0 spiro atoms. The lowest BCUT2D eigenvalue weighted by atomic mass is 9.55. The third-order valence-electron chi connectivity index (χ3n) is 12.0. The minimum absolute atomic E-state index is 0.0157. The summed E-state index contributed by atoms with van der Waals surface area (Å²) in [4.78, 5) is 46.6. The van der Waals surface area contributed by atoms with Gasteiger partial charge in [-0.05, 0) is 98.2 Å². The number of unbranched alkanes of at least 4 members (excludes halogenated alkanes) is 2. The number of nitro benzene ring substituents is 1. The molecule has 5 N–H and O–H groups in total. The first-order valence-electron chi connectivity index (χ1n) is 20.5. The monoisotopic (exact) mass is 791 g/mol. The van der Waals surface area contributed by atoms with Crippen molar-refractivity contribution in [2.45, 2.75) is 102 Å². The number of ether oxygens (including phenoxy) is 1. The largest absolute Gasteiger partial charge is 0.508 e. The topological polar surface area (TPSA) is 208 Å². The Bertz CT molecular complexity index is 1790. The van der Waals surface area contributed by atoms with Crippen LogP contribution in [0.25, 0.3) is 0 Å². The van der Waals surface area contributed by atoms with E-state index >= 15 is 0 Å². The van der Waals surface area contributed by atoms with E-state index < -0.39 is 22.7 Å². The van der Waals surface area contributed by atoms with E-state index in [4.69, 9.17) is 14.7 Å². The van der Waals surface area contributed by atoms with E-state index in [0.717, 1.165) is 43.4 Å². The number of aromatic hydroxyl groups is 1. The minimum Gasteiger partial charge on any atom is -0.508 e. The van der Waals surface area contributed by atoms with Gasteiger partial charge in [-0.3, -0.25) is 14.9 Å². The average molecular weight is 792 g/mol. The second-order valence-electron chi connectivity index (χ2n) is 15.7. The Labute approximate surface area is 333 Å². The number of non-ortho nitro benzene ring substituents is 1. The number of amides is 3. The molecule has 2 aliphatic heterocycles. The van der Waals surface area contributed by atoms with Crippen LogP contribution in [0.1, 0.15) is 94.6 Å². The zero-order chi connectivity index (χ0) is 40.5. The molecule has 310 valence electrons. The standard InChI is InChI=1S/C42H57N5O10/c1-2-19-46(41(52)43-18-8-21-45-20-7-11-38(45)51)37-26-35(44-56-27-28-12-14-30(15-13-28)47(54)55)33-24-29(9-3-5-22-48)32(10-4-6-23-49)39-34-25-31(50)16-17-36(34)57-42(37,53)40(33)39/h12-17,24-25,29,32,37,39-40,48-50,53H,2-11,18-23,26-27H2,1H3,(H,43,52). The van der Waals surface area contributed by atoms with Gasteiger partial charge in [-0.2, -0.15) is 0 Å². The zero-order valence-electron chi connectivity index (χ0n) is 32.8. The Hall–Kier alpha value is -4.73. The van der Waals surface area contributed by atoms with Crippen molar-refractivity contribution in [3.63, 3.8) is 0 Å². The lowest BCUT2D eigenvalue weighted by Crippen LogP contribution is -2.69. The fraction of sp³-hybridized carbons (Fsp3) is 0.595. The number of hydrogen-bond donors (Lipinski definition) is 5. The smallest absolute Gasteiger partial charge is 0.317 e. The number of aliphatic hydroxyl groups excluding tert-OH is 2. The number of aliphatic hydroxyl groups is 3. The zero-order valence-corrected chi connectivity index (χ0v) is 32.8. The molecule has 1 saturated heterocycles. The predicted molar refractivity (Wildman–Crippen MR) is 211 cm³/mol. The average Bonchev–Trinajstić information content (AvgIpc) is 3.61. The van der Waals surface area contributed by atoms with E-state index in [2.05, 4.69) is 11.4 Å². The predicted octanol–water partition coefficient (Wildman–Crippen LogP) is 5.36. The number of carbonyl (C=O) groups excluding carboxylic acids is 2. The number of likely N-dealkylation sites (tertiary alicyclic amines) is 1. The number of fused-ring (bicyclic) bond motifs is 2. The fourth-order valence-corrected chi connectivity index (χ4v) is 9.33. The van der Waals surface area contributed by atoms with Crippen LogP contribution in [0.5, 0.6) is 11.5 Å². The first kappa shape index (κ1) is 41.9. The van der Waals surface area contributed by atoms with E-state index in [1.54, 1.807) is 29.2 Å². The molecule has 0 radical (unpaired) electrons. The van der Waals surface area contributed by atoms with Crippen LogP contribution in [0.2, 0.25) is 0 Å². The fourth-order valence-electron chi connectivity index (χ4n) is 9.33. The first-order valence-corrected chi connectivity index (χ1v) is 20.5. The number of nitrogens with zero attached hydrogens (tertiary/aromatic N) is 4. The summed E-state index contributed by atoms with van der Waals surface area (Å²) in [5.41, 5.74) is 2.64. The van der Waals surface area contributed by atoms with E-state index in [1.807, 2.05) is 11.8 Å². The number of benzene rings is 2. The van der Waals surface area contributed by atoms with Gasteiger partial charge >= 0.3 is 6.03 Å². The van der Waals surface area contributed by atoms with Gasteiger partial charge in [0.15, 0.2) is 0 Å². The molecule has 0 aromatic heterocycles. The Morgan fingerprint density at radius 1 is 1.11 bits per heavy atom. The van der Waals surface area contributed by atoms with Gasteiger partial charge in [0.05, 0.1) is 16.6 Å². The van der Waals surface area contributed by atoms with Crippen LogP contribution >= 0.6 is 0 Å². The number of allylic oxidation sites excluding steroid dienone is 1. The summed E-state index contributed by atoms with van der Waals surface area (Å²) in [6, 6.07) is 9.61.